The second-order valence-corrected chi connectivity index (χ2v) is 3.56. The van der Waals surface area contributed by atoms with Gasteiger partial charge in [0.15, 0.2) is 0 Å². The number of ether oxygens (including phenoxy) is 1. The van der Waals surface area contributed by atoms with Gasteiger partial charge in [-0.1, -0.05) is 17.7 Å². The van der Waals surface area contributed by atoms with Crippen molar-refractivity contribution in [1.82, 2.24) is 0 Å². The molecule has 0 aromatic heterocycles. The van der Waals surface area contributed by atoms with E-state index in [4.69, 9.17) is 16.3 Å². The van der Waals surface area contributed by atoms with Crippen molar-refractivity contribution in [1.29, 1.82) is 0 Å². The summed E-state index contributed by atoms with van der Waals surface area (Å²) in [5, 5.41) is 0.465. The van der Waals surface area contributed by atoms with Crippen molar-refractivity contribution in [3.8, 4) is 5.75 Å². The van der Waals surface area contributed by atoms with Crippen LogP contribution in [0.3, 0.4) is 0 Å². The number of hydrogen-bond donors (Lipinski definition) is 0. The van der Waals surface area contributed by atoms with Crippen LogP contribution in [-0.2, 0) is 0 Å². The maximum Gasteiger partial charge on any atom is 0.429 e. The van der Waals surface area contributed by atoms with E-state index in [-0.39, 0.29) is 5.75 Å². The minimum atomic E-state index is -4.38. The molecule has 0 bridgehead atoms. The van der Waals surface area contributed by atoms with Crippen molar-refractivity contribution in [2.45, 2.75) is 12.3 Å². The lowest BCUT2D eigenvalue weighted by molar-refractivity contribution is -0.180. The highest BCUT2D eigenvalue weighted by Crippen LogP contribution is 2.34. The monoisotopic (exact) mass is 234 g/mol. The molecule has 0 fully saturated rings. The fourth-order valence-electron chi connectivity index (χ4n) is 1.30. The number of halogens is 4. The lowest BCUT2D eigenvalue weighted by atomic mass is 10.1. The van der Waals surface area contributed by atoms with E-state index < -0.39 is 12.3 Å². The van der Waals surface area contributed by atoms with Crippen molar-refractivity contribution in [3.63, 3.8) is 0 Å². The van der Waals surface area contributed by atoms with E-state index in [9.17, 15) is 13.2 Å². The van der Waals surface area contributed by atoms with Crippen LogP contribution in [0.5, 0.6) is 5.75 Å². The molecule has 1 nitrogen and oxygen atoms in total. The second-order valence-electron chi connectivity index (χ2n) is 3.12. The summed E-state index contributed by atoms with van der Waals surface area (Å²) in [5.41, 5.74) is 0.558. The molecule has 0 spiro atoms. The number of rotatable bonds is 0. The third-order valence-electron chi connectivity index (χ3n) is 2.00. The minimum absolute atomic E-state index is 0.198. The summed E-state index contributed by atoms with van der Waals surface area (Å²) in [4.78, 5) is 0. The smallest absolute Gasteiger partial charge is 0.429 e. The fraction of sp³-hybridized carbons (Fsp3) is 0.200. The standard InChI is InChI=1S/C10H6ClF3O/c11-7-2-3-8-6(5-7)1-4-9(15-8)10(12,13)14/h1-5,9H. The molecule has 0 saturated heterocycles. The van der Waals surface area contributed by atoms with Gasteiger partial charge in [0, 0.05) is 10.6 Å². The average Bonchev–Trinajstić information content (AvgIpc) is 2.15. The van der Waals surface area contributed by atoms with Crippen LogP contribution < -0.4 is 4.74 Å². The minimum Gasteiger partial charge on any atom is -0.476 e. The summed E-state index contributed by atoms with van der Waals surface area (Å²) in [7, 11) is 0. The third kappa shape index (κ3) is 2.09. The molecule has 1 aromatic rings. The summed E-state index contributed by atoms with van der Waals surface area (Å²) in [5.74, 6) is 0.198. The molecule has 0 saturated carbocycles. The predicted octanol–water partition coefficient (Wildman–Crippen LogP) is 3.68. The largest absolute Gasteiger partial charge is 0.476 e. The summed E-state index contributed by atoms with van der Waals surface area (Å²) in [6, 6.07) is 4.48. The van der Waals surface area contributed by atoms with Crippen molar-refractivity contribution in [2.24, 2.45) is 0 Å². The van der Waals surface area contributed by atoms with Gasteiger partial charge < -0.3 is 4.74 Å². The van der Waals surface area contributed by atoms with Gasteiger partial charge in [-0.2, -0.15) is 13.2 Å². The Morgan fingerprint density at radius 2 is 2.00 bits per heavy atom. The maximum absolute atomic E-state index is 12.3. The third-order valence-corrected chi connectivity index (χ3v) is 2.23. The highest BCUT2D eigenvalue weighted by molar-refractivity contribution is 6.30. The van der Waals surface area contributed by atoms with E-state index in [1.54, 1.807) is 6.07 Å². The first-order valence-corrected chi connectivity index (χ1v) is 4.56. The molecule has 0 amide bonds. The van der Waals surface area contributed by atoms with Crippen LogP contribution in [0.4, 0.5) is 13.2 Å². The average molecular weight is 235 g/mol. The van der Waals surface area contributed by atoms with Gasteiger partial charge in [-0.05, 0) is 24.3 Å². The zero-order chi connectivity index (χ0) is 11.1. The first-order chi connectivity index (χ1) is 6.97. The summed E-state index contributed by atoms with van der Waals surface area (Å²) in [6.07, 6.45) is -3.92. The molecule has 0 radical (unpaired) electrons. The molecule has 1 heterocycles. The fourth-order valence-corrected chi connectivity index (χ4v) is 1.48. The number of benzene rings is 1. The second kappa shape index (κ2) is 3.45. The van der Waals surface area contributed by atoms with Gasteiger partial charge in [-0.15, -0.1) is 0 Å². The predicted molar refractivity (Wildman–Crippen MR) is 51.0 cm³/mol. The Balaban J connectivity index is 2.32. The maximum atomic E-state index is 12.3. The molecule has 1 unspecified atom stereocenters. The Labute approximate surface area is 89.1 Å². The lowest BCUT2D eigenvalue weighted by Gasteiger charge is -2.23. The highest BCUT2D eigenvalue weighted by atomic mass is 35.5. The summed E-state index contributed by atoms with van der Waals surface area (Å²) < 4.78 is 41.7. The highest BCUT2D eigenvalue weighted by Gasteiger charge is 2.41. The lowest BCUT2D eigenvalue weighted by Crippen LogP contribution is -2.33. The molecule has 5 heteroatoms. The summed E-state index contributed by atoms with van der Waals surface area (Å²) in [6.45, 7) is 0. The van der Waals surface area contributed by atoms with Crippen LogP contribution in [0.25, 0.3) is 6.08 Å². The van der Waals surface area contributed by atoms with Gasteiger partial charge >= 0.3 is 6.18 Å². The Morgan fingerprint density at radius 1 is 1.27 bits per heavy atom. The van der Waals surface area contributed by atoms with E-state index in [0.717, 1.165) is 6.08 Å². The van der Waals surface area contributed by atoms with Gasteiger partial charge in [0.25, 0.3) is 0 Å². The molecule has 1 aliphatic heterocycles. The van der Waals surface area contributed by atoms with E-state index in [1.807, 2.05) is 0 Å². The molecule has 15 heavy (non-hydrogen) atoms. The van der Waals surface area contributed by atoms with Gasteiger partial charge in [0.05, 0.1) is 0 Å². The van der Waals surface area contributed by atoms with Crippen LogP contribution in [0, 0.1) is 0 Å². The molecule has 0 aliphatic carbocycles. The van der Waals surface area contributed by atoms with E-state index in [1.165, 1.54) is 18.2 Å². The van der Waals surface area contributed by atoms with Gasteiger partial charge in [0.2, 0.25) is 6.10 Å². The normalized spacial score (nSPS) is 19.6. The van der Waals surface area contributed by atoms with E-state index >= 15 is 0 Å². The number of fused-ring (bicyclic) bond motifs is 1. The Kier molecular flexibility index (Phi) is 2.38. The van der Waals surface area contributed by atoms with Gasteiger partial charge in [-0.3, -0.25) is 0 Å². The number of hydrogen-bond acceptors (Lipinski definition) is 1. The Bertz CT molecular complexity index is 412. The van der Waals surface area contributed by atoms with Crippen LogP contribution in [-0.4, -0.2) is 12.3 Å². The molecule has 1 aliphatic rings. The zero-order valence-electron chi connectivity index (χ0n) is 7.38. The van der Waals surface area contributed by atoms with Crippen molar-refractivity contribution >= 4 is 17.7 Å². The Morgan fingerprint density at radius 3 is 2.67 bits per heavy atom. The SMILES string of the molecule is FC(F)(F)C1C=Cc2cc(Cl)ccc2O1. The van der Waals surface area contributed by atoms with Crippen molar-refractivity contribution < 1.29 is 17.9 Å². The molecule has 80 valence electrons. The first-order valence-electron chi connectivity index (χ1n) is 4.18. The van der Waals surface area contributed by atoms with Crippen molar-refractivity contribution in [3.05, 3.63) is 34.9 Å². The van der Waals surface area contributed by atoms with Gasteiger partial charge in [0.1, 0.15) is 5.75 Å². The molecular weight excluding hydrogens is 229 g/mol. The van der Waals surface area contributed by atoms with Gasteiger partial charge in [-0.25, -0.2) is 0 Å². The summed E-state index contributed by atoms with van der Waals surface area (Å²) >= 11 is 5.69. The van der Waals surface area contributed by atoms with Crippen LogP contribution in [0.1, 0.15) is 5.56 Å². The molecule has 0 N–H and O–H groups in total. The van der Waals surface area contributed by atoms with E-state index in [0.29, 0.717) is 10.6 Å². The zero-order valence-corrected chi connectivity index (χ0v) is 8.14. The molecule has 1 aromatic carbocycles. The van der Waals surface area contributed by atoms with Crippen LogP contribution in [0.2, 0.25) is 5.02 Å². The van der Waals surface area contributed by atoms with Crippen LogP contribution >= 0.6 is 11.6 Å². The van der Waals surface area contributed by atoms with Crippen molar-refractivity contribution in [2.75, 3.05) is 0 Å². The topological polar surface area (TPSA) is 9.23 Å². The van der Waals surface area contributed by atoms with E-state index in [2.05, 4.69) is 0 Å². The molecule has 2 rings (SSSR count). The first kappa shape index (κ1) is 10.4. The molecular formula is C10H6ClF3O. The quantitative estimate of drug-likeness (QED) is 0.665. The molecule has 1 atom stereocenters. The Hall–Kier alpha value is -1.16. The number of alkyl halides is 3. The van der Waals surface area contributed by atoms with Crippen LogP contribution in [0.15, 0.2) is 24.3 Å².